The van der Waals surface area contributed by atoms with Crippen LogP contribution in [-0.2, 0) is 11.5 Å². The first-order valence-corrected chi connectivity index (χ1v) is 8.63. The third-order valence-electron chi connectivity index (χ3n) is 3.94. The molecular weight excluding hydrogens is 393 g/mol. The zero-order valence-corrected chi connectivity index (χ0v) is 15.5. The van der Waals surface area contributed by atoms with E-state index in [1.54, 1.807) is 30.3 Å². The Morgan fingerprint density at radius 1 is 1.00 bits per heavy atom. The number of hydrogen-bond acceptors (Lipinski definition) is 4. The number of carbonyl (C=O) groups excluding carboxylic acids is 1. The number of hydrogen-bond donors (Lipinski definition) is 2. The predicted octanol–water partition coefficient (Wildman–Crippen LogP) is 3.55. The lowest BCUT2D eigenvalue weighted by Crippen LogP contribution is -2.37. The van der Waals surface area contributed by atoms with Crippen molar-refractivity contribution >= 4 is 27.3 Å². The number of alkyl halides is 3. The molecule has 1 amide bonds. The molecule has 3 aromatic rings. The van der Waals surface area contributed by atoms with Crippen LogP contribution in [0.4, 0.5) is 18.9 Å². The second-order valence-corrected chi connectivity index (χ2v) is 6.46. The zero-order chi connectivity index (χ0) is 21.9. The fourth-order valence-electron chi connectivity index (χ4n) is 2.50. The molecule has 3 rings (SSSR count). The second-order valence-electron chi connectivity index (χ2n) is 6.46. The largest absolute Gasteiger partial charge is 0.439 e. The van der Waals surface area contributed by atoms with E-state index >= 15 is 0 Å². The third kappa shape index (κ3) is 5.42. The van der Waals surface area contributed by atoms with E-state index in [0.717, 1.165) is 6.07 Å². The molecule has 0 bridgehead atoms. The van der Waals surface area contributed by atoms with Crippen LogP contribution in [0.3, 0.4) is 0 Å². The van der Waals surface area contributed by atoms with Crippen LogP contribution < -0.4 is 15.8 Å². The molecule has 0 saturated heterocycles. The van der Waals surface area contributed by atoms with E-state index < -0.39 is 29.0 Å². The highest BCUT2D eigenvalue weighted by Gasteiger charge is 2.34. The number of ether oxygens (including phenoxy) is 1. The number of nitrogens with two attached hydrogens (primary N) is 1. The van der Waals surface area contributed by atoms with Crippen LogP contribution in [0, 0.1) is 0 Å². The number of carbonyl (C=O) groups is 1. The summed E-state index contributed by atoms with van der Waals surface area (Å²) in [7, 11) is 11.0. The van der Waals surface area contributed by atoms with Crippen LogP contribution in [0.2, 0.25) is 0 Å². The molecule has 0 aliphatic heterocycles. The molecule has 5 nitrogen and oxygen atoms in total. The van der Waals surface area contributed by atoms with Gasteiger partial charge in [0, 0.05) is 17.3 Å². The van der Waals surface area contributed by atoms with Gasteiger partial charge in [-0.1, -0.05) is 24.3 Å². The molecule has 10 heteroatoms. The standard InChI is InChI=1S/C20H14B2F3N3O2/c21-19(22,26)13-10-16(20(23,24)25)28-17(11-13)30-15-8-4-5-12(9-15)18(29)27-14-6-2-1-3-7-14/h1-11H,26H2,(H,27,29). The van der Waals surface area contributed by atoms with Crippen molar-refractivity contribution in [3.05, 3.63) is 83.6 Å². The third-order valence-corrected chi connectivity index (χ3v) is 3.94. The summed E-state index contributed by atoms with van der Waals surface area (Å²) in [6, 6.07) is 16.4. The molecule has 0 saturated carbocycles. The molecule has 0 aliphatic rings. The van der Waals surface area contributed by atoms with Crippen molar-refractivity contribution in [1.82, 2.24) is 4.98 Å². The van der Waals surface area contributed by atoms with E-state index in [0.29, 0.717) is 11.8 Å². The Bertz CT molecular complexity index is 1020. The minimum atomic E-state index is -4.77. The Hall–Kier alpha value is -3.26. The fraction of sp³-hybridized carbons (Fsp3) is 0.100. The highest BCUT2D eigenvalue weighted by Crippen LogP contribution is 2.33. The molecule has 0 spiro atoms. The van der Waals surface area contributed by atoms with Gasteiger partial charge in [-0.2, -0.15) is 13.2 Å². The van der Waals surface area contributed by atoms with Crippen molar-refractivity contribution < 1.29 is 22.7 Å². The molecule has 0 unspecified atom stereocenters. The average Bonchev–Trinajstić information content (AvgIpc) is 2.67. The van der Waals surface area contributed by atoms with Crippen molar-refractivity contribution in [1.29, 1.82) is 0 Å². The van der Waals surface area contributed by atoms with E-state index in [9.17, 15) is 18.0 Å². The summed E-state index contributed by atoms with van der Waals surface area (Å²) >= 11 is 0. The Morgan fingerprint density at radius 3 is 2.33 bits per heavy atom. The van der Waals surface area contributed by atoms with Gasteiger partial charge in [-0.25, -0.2) is 4.98 Å². The number of pyridine rings is 1. The minimum absolute atomic E-state index is 0.0881. The van der Waals surface area contributed by atoms with Gasteiger partial charge < -0.3 is 15.8 Å². The highest BCUT2D eigenvalue weighted by molar-refractivity contribution is 6.39. The Balaban J connectivity index is 1.88. The van der Waals surface area contributed by atoms with Gasteiger partial charge in [0.05, 0.1) is 15.7 Å². The van der Waals surface area contributed by atoms with Gasteiger partial charge in [-0.05, 0) is 47.3 Å². The molecule has 1 aromatic heterocycles. The lowest BCUT2D eigenvalue weighted by Gasteiger charge is -2.22. The molecule has 30 heavy (non-hydrogen) atoms. The zero-order valence-electron chi connectivity index (χ0n) is 15.5. The number of benzene rings is 2. The van der Waals surface area contributed by atoms with E-state index in [1.807, 2.05) is 0 Å². The monoisotopic (exact) mass is 407 g/mol. The van der Waals surface area contributed by atoms with Crippen LogP contribution in [0.1, 0.15) is 21.6 Å². The summed E-state index contributed by atoms with van der Waals surface area (Å²) in [6.07, 6.45) is -4.77. The molecule has 1 heterocycles. The predicted molar refractivity (Wildman–Crippen MR) is 108 cm³/mol. The summed E-state index contributed by atoms with van der Waals surface area (Å²) in [5.41, 5.74) is 4.85. The molecule has 0 fully saturated rings. The quantitative estimate of drug-likeness (QED) is 0.635. The molecule has 0 aliphatic carbocycles. The topological polar surface area (TPSA) is 77.2 Å². The number of anilines is 1. The van der Waals surface area contributed by atoms with Crippen molar-refractivity contribution in [2.24, 2.45) is 5.73 Å². The summed E-state index contributed by atoms with van der Waals surface area (Å²) < 4.78 is 44.9. The van der Waals surface area contributed by atoms with Crippen molar-refractivity contribution in [3.8, 4) is 11.6 Å². The second kappa shape index (κ2) is 8.23. The minimum Gasteiger partial charge on any atom is -0.439 e. The first kappa shape index (κ1) is 21.4. The van der Waals surface area contributed by atoms with E-state index in [-0.39, 0.29) is 16.9 Å². The SMILES string of the molecule is [B]C([B])(N)c1cc(Oc2cccc(C(=O)Nc3ccccc3)c2)nc(C(F)(F)F)c1. The van der Waals surface area contributed by atoms with Crippen LogP contribution in [0.15, 0.2) is 66.7 Å². The molecule has 2 aromatic carbocycles. The van der Waals surface area contributed by atoms with Crippen molar-refractivity contribution in [2.45, 2.75) is 11.5 Å². The van der Waals surface area contributed by atoms with Crippen LogP contribution in [-0.4, -0.2) is 26.6 Å². The number of nitrogens with zero attached hydrogens (tertiary/aromatic N) is 1. The lowest BCUT2D eigenvalue weighted by atomic mass is 9.59. The maximum Gasteiger partial charge on any atom is 0.433 e. The number of nitrogens with one attached hydrogen (secondary N) is 1. The first-order chi connectivity index (χ1) is 14.0. The summed E-state index contributed by atoms with van der Waals surface area (Å²) in [5, 5.41) is 0.670. The maximum atomic E-state index is 13.2. The Labute approximate surface area is 173 Å². The van der Waals surface area contributed by atoms with Gasteiger partial charge in [0.15, 0.2) is 0 Å². The van der Waals surface area contributed by atoms with Crippen LogP contribution in [0.5, 0.6) is 11.6 Å². The smallest absolute Gasteiger partial charge is 0.433 e. The van der Waals surface area contributed by atoms with Crippen LogP contribution in [0.25, 0.3) is 0 Å². The molecular formula is C20H14B2F3N3O2. The Morgan fingerprint density at radius 2 is 1.70 bits per heavy atom. The number of aromatic nitrogens is 1. The fourth-order valence-corrected chi connectivity index (χ4v) is 2.50. The van der Waals surface area contributed by atoms with Crippen molar-refractivity contribution in [3.63, 3.8) is 0 Å². The van der Waals surface area contributed by atoms with Gasteiger partial charge >= 0.3 is 6.18 Å². The molecule has 148 valence electrons. The normalized spacial score (nSPS) is 11.7. The Kier molecular flexibility index (Phi) is 5.89. The van der Waals surface area contributed by atoms with Gasteiger partial charge in [0.1, 0.15) is 11.4 Å². The van der Waals surface area contributed by atoms with Crippen LogP contribution >= 0.6 is 0 Å². The lowest BCUT2D eigenvalue weighted by molar-refractivity contribution is -0.141. The molecule has 0 atom stereocenters. The summed E-state index contributed by atoms with van der Waals surface area (Å²) in [5.74, 6) is -0.759. The highest BCUT2D eigenvalue weighted by atomic mass is 19.4. The van der Waals surface area contributed by atoms with E-state index in [1.165, 1.54) is 24.3 Å². The number of amides is 1. The number of para-hydroxylation sites is 1. The van der Waals surface area contributed by atoms with Crippen molar-refractivity contribution in [2.75, 3.05) is 5.32 Å². The van der Waals surface area contributed by atoms with Gasteiger partial charge in [0.2, 0.25) is 5.88 Å². The van der Waals surface area contributed by atoms with E-state index in [2.05, 4.69) is 10.3 Å². The molecule has 4 radical (unpaired) electrons. The van der Waals surface area contributed by atoms with E-state index in [4.69, 9.17) is 26.2 Å². The average molecular weight is 407 g/mol. The van der Waals surface area contributed by atoms with Gasteiger partial charge in [-0.15, -0.1) is 0 Å². The first-order valence-electron chi connectivity index (χ1n) is 8.63. The van der Waals surface area contributed by atoms with Gasteiger partial charge in [-0.3, -0.25) is 4.79 Å². The molecule has 3 N–H and O–H groups in total. The number of halogens is 3. The maximum absolute atomic E-state index is 13.2. The summed E-state index contributed by atoms with van der Waals surface area (Å²) in [6.45, 7) is 0. The number of rotatable bonds is 5. The summed E-state index contributed by atoms with van der Waals surface area (Å²) in [4.78, 5) is 15.9. The van der Waals surface area contributed by atoms with Gasteiger partial charge in [0.25, 0.3) is 5.91 Å².